The van der Waals surface area contributed by atoms with Gasteiger partial charge < -0.3 is 9.47 Å². The Morgan fingerprint density at radius 3 is 2.67 bits per heavy atom. The lowest BCUT2D eigenvalue weighted by atomic mass is 10.3. The van der Waals surface area contributed by atoms with Crippen molar-refractivity contribution >= 4 is 15.9 Å². The van der Waals surface area contributed by atoms with Crippen molar-refractivity contribution < 1.29 is 13.2 Å². The van der Waals surface area contributed by atoms with Gasteiger partial charge in [0, 0.05) is 39.4 Å². The van der Waals surface area contributed by atoms with E-state index in [0.29, 0.717) is 32.6 Å². The van der Waals surface area contributed by atoms with E-state index >= 15 is 0 Å². The average Bonchev–Trinajstić information content (AvgIpc) is 2.74. The highest BCUT2D eigenvalue weighted by Crippen LogP contribution is 2.15. The van der Waals surface area contributed by atoms with Crippen molar-refractivity contribution in [1.82, 2.24) is 18.8 Å². The Labute approximate surface area is 124 Å². The van der Waals surface area contributed by atoms with Crippen molar-refractivity contribution in [3.63, 3.8) is 0 Å². The molecule has 0 radical (unpaired) electrons. The van der Waals surface area contributed by atoms with Crippen molar-refractivity contribution in [3.8, 4) is 0 Å². The monoisotopic (exact) mass is 312 g/mol. The Kier molecular flexibility index (Phi) is 4.79. The van der Waals surface area contributed by atoms with Gasteiger partial charge in [0.05, 0.1) is 6.33 Å². The summed E-state index contributed by atoms with van der Waals surface area (Å²) in [4.78, 5) is 17.4. The van der Waals surface area contributed by atoms with Crippen LogP contribution in [0.2, 0.25) is 0 Å². The molecule has 0 bridgehead atoms. The first-order valence-electron chi connectivity index (χ1n) is 6.85. The number of allylic oxidation sites excluding steroid dienone is 1. The largest absolute Gasteiger partial charge is 0.339 e. The summed E-state index contributed by atoms with van der Waals surface area (Å²) in [6, 6.07) is 0. The van der Waals surface area contributed by atoms with Crippen molar-refractivity contribution in [3.05, 3.63) is 24.7 Å². The highest BCUT2D eigenvalue weighted by Gasteiger charge is 2.29. The lowest BCUT2D eigenvalue weighted by Gasteiger charge is -2.20. The zero-order valence-corrected chi connectivity index (χ0v) is 13.1. The molecule has 1 aromatic heterocycles. The number of amides is 1. The maximum absolute atomic E-state index is 12.5. The van der Waals surface area contributed by atoms with Crippen molar-refractivity contribution in [1.29, 1.82) is 0 Å². The third kappa shape index (κ3) is 3.51. The summed E-state index contributed by atoms with van der Waals surface area (Å²) in [7, 11) is -1.85. The smallest absolute Gasteiger partial charge is 0.262 e. The summed E-state index contributed by atoms with van der Waals surface area (Å²) in [5.74, 6) is -0.0745. The van der Waals surface area contributed by atoms with E-state index < -0.39 is 10.0 Å². The number of hydrogen-bond acceptors (Lipinski definition) is 4. The van der Waals surface area contributed by atoms with Crippen LogP contribution in [0.1, 0.15) is 13.3 Å². The molecule has 8 heteroatoms. The predicted octanol–water partition coefficient (Wildman–Crippen LogP) is 0.219. The van der Waals surface area contributed by atoms with E-state index in [4.69, 9.17) is 0 Å². The van der Waals surface area contributed by atoms with Gasteiger partial charge >= 0.3 is 0 Å². The minimum absolute atomic E-state index is 0.0539. The van der Waals surface area contributed by atoms with Gasteiger partial charge in [0.2, 0.25) is 5.91 Å². The highest BCUT2D eigenvalue weighted by atomic mass is 32.2. The van der Waals surface area contributed by atoms with Crippen LogP contribution in [0.15, 0.2) is 29.7 Å². The van der Waals surface area contributed by atoms with Crippen LogP contribution in [0.5, 0.6) is 0 Å². The SMILES string of the molecule is C/C=C/C(=O)N1CCCN(S(=O)(=O)c2cn(C)cn2)CC1. The number of carbonyl (C=O) groups excluding carboxylic acids is 1. The van der Waals surface area contributed by atoms with Crippen LogP contribution in [0, 0.1) is 0 Å². The molecule has 116 valence electrons. The Bertz CT molecular complexity index is 636. The molecule has 1 aromatic rings. The Hall–Kier alpha value is -1.67. The second kappa shape index (κ2) is 6.40. The summed E-state index contributed by atoms with van der Waals surface area (Å²) < 4.78 is 28.0. The topological polar surface area (TPSA) is 75.5 Å². The fourth-order valence-corrected chi connectivity index (χ4v) is 3.69. The first-order chi connectivity index (χ1) is 9.95. The highest BCUT2D eigenvalue weighted by molar-refractivity contribution is 7.89. The molecule has 1 amide bonds. The summed E-state index contributed by atoms with van der Waals surface area (Å²) in [6.07, 6.45) is 6.77. The lowest BCUT2D eigenvalue weighted by molar-refractivity contribution is -0.125. The van der Waals surface area contributed by atoms with Crippen LogP contribution in [0.3, 0.4) is 0 Å². The second-order valence-corrected chi connectivity index (χ2v) is 6.85. The molecule has 0 N–H and O–H groups in total. The predicted molar refractivity (Wildman–Crippen MR) is 78.0 cm³/mol. The summed E-state index contributed by atoms with van der Waals surface area (Å²) in [5.41, 5.74) is 0. The molecule has 0 spiro atoms. The number of rotatable bonds is 3. The number of carbonyl (C=O) groups is 1. The van der Waals surface area contributed by atoms with Gasteiger partial charge in [-0.25, -0.2) is 13.4 Å². The Morgan fingerprint density at radius 2 is 2.05 bits per heavy atom. The van der Waals surface area contributed by atoms with Gasteiger partial charge in [-0.05, 0) is 19.4 Å². The first-order valence-corrected chi connectivity index (χ1v) is 8.29. The van der Waals surface area contributed by atoms with Crippen LogP contribution in [0.25, 0.3) is 0 Å². The van der Waals surface area contributed by atoms with Crippen LogP contribution >= 0.6 is 0 Å². The number of nitrogens with zero attached hydrogens (tertiary/aromatic N) is 4. The van der Waals surface area contributed by atoms with Crippen LogP contribution in [-0.4, -0.2) is 59.3 Å². The molecule has 0 saturated carbocycles. The van der Waals surface area contributed by atoms with Gasteiger partial charge in [-0.3, -0.25) is 4.79 Å². The summed E-state index contributed by atoms with van der Waals surface area (Å²) >= 11 is 0. The molecular weight excluding hydrogens is 292 g/mol. The Balaban J connectivity index is 2.11. The zero-order valence-electron chi connectivity index (χ0n) is 12.3. The van der Waals surface area contributed by atoms with Gasteiger partial charge in [0.25, 0.3) is 10.0 Å². The van der Waals surface area contributed by atoms with Crippen LogP contribution in [-0.2, 0) is 21.9 Å². The molecule has 0 unspecified atom stereocenters. The third-order valence-electron chi connectivity index (χ3n) is 3.36. The molecule has 0 aromatic carbocycles. The number of aromatic nitrogens is 2. The minimum atomic E-state index is -3.58. The third-order valence-corrected chi connectivity index (χ3v) is 5.15. The van der Waals surface area contributed by atoms with E-state index in [2.05, 4.69) is 4.98 Å². The van der Waals surface area contributed by atoms with E-state index in [1.165, 1.54) is 22.9 Å². The van der Waals surface area contributed by atoms with Crippen molar-refractivity contribution in [2.75, 3.05) is 26.2 Å². The average molecular weight is 312 g/mol. The first kappa shape index (κ1) is 15.7. The normalized spacial score (nSPS) is 18.1. The number of hydrogen-bond donors (Lipinski definition) is 0. The molecule has 0 atom stereocenters. The van der Waals surface area contributed by atoms with Crippen LogP contribution < -0.4 is 0 Å². The van der Waals surface area contributed by atoms with E-state index in [1.54, 1.807) is 29.5 Å². The number of sulfonamides is 1. The number of imidazole rings is 1. The van der Waals surface area contributed by atoms with Crippen molar-refractivity contribution in [2.45, 2.75) is 18.4 Å². The van der Waals surface area contributed by atoms with Gasteiger partial charge in [-0.2, -0.15) is 4.31 Å². The van der Waals surface area contributed by atoms with Crippen molar-refractivity contribution in [2.24, 2.45) is 7.05 Å². The molecule has 7 nitrogen and oxygen atoms in total. The zero-order chi connectivity index (χ0) is 15.5. The standard InChI is InChI=1S/C13H20N4O3S/c1-3-5-13(18)16-6-4-7-17(9-8-16)21(19,20)12-10-15(2)11-14-12/h3,5,10-11H,4,6-9H2,1-2H3/b5-3+. The summed E-state index contributed by atoms with van der Waals surface area (Å²) in [5, 5.41) is 0.0539. The second-order valence-electron chi connectivity index (χ2n) is 4.96. The van der Waals surface area contributed by atoms with E-state index in [0.717, 1.165) is 0 Å². The van der Waals surface area contributed by atoms with Gasteiger partial charge in [0.15, 0.2) is 5.03 Å². The number of aryl methyl sites for hydroxylation is 1. The van der Waals surface area contributed by atoms with Gasteiger partial charge in [-0.1, -0.05) is 6.08 Å². The molecule has 21 heavy (non-hydrogen) atoms. The molecule has 1 fully saturated rings. The van der Waals surface area contributed by atoms with Gasteiger partial charge in [-0.15, -0.1) is 0 Å². The molecule has 2 heterocycles. The van der Waals surface area contributed by atoms with E-state index in [1.807, 2.05) is 0 Å². The van der Waals surface area contributed by atoms with E-state index in [-0.39, 0.29) is 10.9 Å². The maximum Gasteiger partial charge on any atom is 0.262 e. The van der Waals surface area contributed by atoms with Crippen LogP contribution in [0.4, 0.5) is 0 Å². The fourth-order valence-electron chi connectivity index (χ4n) is 2.26. The fraction of sp³-hybridized carbons (Fsp3) is 0.538. The maximum atomic E-state index is 12.5. The quantitative estimate of drug-likeness (QED) is 0.748. The van der Waals surface area contributed by atoms with E-state index in [9.17, 15) is 13.2 Å². The molecule has 0 aliphatic carbocycles. The molecular formula is C13H20N4O3S. The molecule has 1 aliphatic rings. The molecule has 1 saturated heterocycles. The van der Waals surface area contributed by atoms with Gasteiger partial charge in [0.1, 0.15) is 0 Å². The minimum Gasteiger partial charge on any atom is -0.339 e. The lowest BCUT2D eigenvalue weighted by Crippen LogP contribution is -2.36. The molecule has 2 rings (SSSR count). The Morgan fingerprint density at radius 1 is 1.29 bits per heavy atom. The molecule has 1 aliphatic heterocycles. The summed E-state index contributed by atoms with van der Waals surface area (Å²) in [6.45, 7) is 3.45.